The molecule has 2 aliphatic rings. The van der Waals surface area contributed by atoms with Crippen LogP contribution in [-0.2, 0) is 4.74 Å². The number of piperidine rings is 1. The van der Waals surface area contributed by atoms with Crippen molar-refractivity contribution >= 4 is 6.09 Å². The van der Waals surface area contributed by atoms with Crippen molar-refractivity contribution in [3.8, 4) is 0 Å². The van der Waals surface area contributed by atoms with Crippen LogP contribution < -0.4 is 0 Å². The molecule has 0 aromatic carbocycles. The van der Waals surface area contributed by atoms with Crippen LogP contribution in [0.15, 0.2) is 0 Å². The van der Waals surface area contributed by atoms with E-state index < -0.39 is 0 Å². The molecule has 2 aliphatic heterocycles. The van der Waals surface area contributed by atoms with E-state index in [-0.39, 0.29) is 11.7 Å². The second kappa shape index (κ2) is 4.51. The van der Waals surface area contributed by atoms with Crippen LogP contribution in [0.5, 0.6) is 0 Å². The first-order valence-electron chi connectivity index (χ1n) is 6.92. The van der Waals surface area contributed by atoms with Gasteiger partial charge in [-0.15, -0.1) is 0 Å². The fourth-order valence-corrected chi connectivity index (χ4v) is 3.24. The van der Waals surface area contributed by atoms with Crippen molar-refractivity contribution in [1.82, 2.24) is 4.90 Å². The maximum atomic E-state index is 12.2. The average molecular weight is 239 g/mol. The van der Waals surface area contributed by atoms with Crippen molar-refractivity contribution in [2.75, 3.05) is 0 Å². The lowest BCUT2D eigenvalue weighted by molar-refractivity contribution is 0.00191. The Morgan fingerprint density at radius 2 is 1.76 bits per heavy atom. The largest absolute Gasteiger partial charge is 0.444 e. The van der Waals surface area contributed by atoms with Crippen molar-refractivity contribution in [3.63, 3.8) is 0 Å². The normalized spacial score (nSPS) is 32.7. The zero-order valence-electron chi connectivity index (χ0n) is 11.5. The first kappa shape index (κ1) is 12.7. The fraction of sp³-hybridized carbons (Fsp3) is 0.929. The Bertz CT molecular complexity index is 281. The van der Waals surface area contributed by atoms with Crippen molar-refractivity contribution in [3.05, 3.63) is 0 Å². The smallest absolute Gasteiger partial charge is 0.410 e. The van der Waals surface area contributed by atoms with Crippen LogP contribution in [0.3, 0.4) is 0 Å². The summed E-state index contributed by atoms with van der Waals surface area (Å²) in [7, 11) is 0. The first-order chi connectivity index (χ1) is 7.90. The third-order valence-electron chi connectivity index (χ3n) is 4.01. The average Bonchev–Trinajstić information content (AvgIpc) is 2.47. The Kier molecular flexibility index (Phi) is 3.37. The predicted octanol–water partition coefficient (Wildman–Crippen LogP) is 3.57. The summed E-state index contributed by atoms with van der Waals surface area (Å²) in [4.78, 5) is 14.2. The number of hydrogen-bond donors (Lipinski definition) is 0. The Morgan fingerprint density at radius 1 is 1.24 bits per heavy atom. The molecule has 1 amide bonds. The molecule has 0 aromatic heterocycles. The minimum atomic E-state index is -0.377. The number of carbonyl (C=O) groups is 1. The highest BCUT2D eigenvalue weighted by Crippen LogP contribution is 2.40. The summed E-state index contributed by atoms with van der Waals surface area (Å²) >= 11 is 0. The molecule has 0 aliphatic carbocycles. The third kappa shape index (κ3) is 2.75. The van der Waals surface area contributed by atoms with Gasteiger partial charge in [0, 0.05) is 12.1 Å². The van der Waals surface area contributed by atoms with Crippen LogP contribution >= 0.6 is 0 Å². The van der Waals surface area contributed by atoms with Gasteiger partial charge in [-0.25, -0.2) is 4.79 Å². The van der Waals surface area contributed by atoms with Crippen LogP contribution in [0.2, 0.25) is 0 Å². The van der Waals surface area contributed by atoms with Gasteiger partial charge in [-0.3, -0.25) is 0 Å². The Hall–Kier alpha value is -0.730. The highest BCUT2D eigenvalue weighted by atomic mass is 16.6. The number of hydrogen-bond acceptors (Lipinski definition) is 2. The Morgan fingerprint density at radius 3 is 2.18 bits per heavy atom. The van der Waals surface area contributed by atoms with Crippen LogP contribution in [-0.4, -0.2) is 28.7 Å². The van der Waals surface area contributed by atoms with Gasteiger partial charge in [-0.1, -0.05) is 13.3 Å². The molecule has 2 rings (SSSR count). The number of nitrogens with zero attached hydrogens (tertiary/aromatic N) is 1. The molecule has 2 heterocycles. The molecule has 0 radical (unpaired) electrons. The monoisotopic (exact) mass is 239 g/mol. The molecule has 0 aromatic rings. The quantitative estimate of drug-likeness (QED) is 0.700. The summed E-state index contributed by atoms with van der Waals surface area (Å²) < 4.78 is 5.51. The molecule has 3 heteroatoms. The zero-order chi connectivity index (χ0) is 12.6. The standard InChI is InChI=1S/C14H25NO2/c1-5-10-8-11-6-7-12(9-10)15(11)13(16)17-14(2,3)4/h10-12H,5-9H2,1-4H3/t10-,11+,12-. The molecule has 2 bridgehead atoms. The van der Waals surface area contributed by atoms with Crippen LogP contribution in [0.4, 0.5) is 4.79 Å². The van der Waals surface area contributed by atoms with E-state index in [1.165, 1.54) is 32.1 Å². The van der Waals surface area contributed by atoms with Gasteiger partial charge in [-0.2, -0.15) is 0 Å². The first-order valence-corrected chi connectivity index (χ1v) is 6.92. The molecule has 3 atom stereocenters. The lowest BCUT2D eigenvalue weighted by atomic mass is 9.89. The van der Waals surface area contributed by atoms with Crippen LogP contribution in [0, 0.1) is 5.92 Å². The summed E-state index contributed by atoms with van der Waals surface area (Å²) in [5.74, 6) is 0.811. The SMILES string of the molecule is CC[C@H]1C[C@H]2CC[C@@H](C1)N2C(=O)OC(C)(C)C. The highest BCUT2D eigenvalue weighted by molar-refractivity contribution is 5.69. The molecular weight excluding hydrogens is 214 g/mol. The van der Waals surface area contributed by atoms with E-state index in [0.29, 0.717) is 12.1 Å². The van der Waals surface area contributed by atoms with Gasteiger partial charge in [0.1, 0.15) is 5.60 Å². The van der Waals surface area contributed by atoms with E-state index in [2.05, 4.69) is 6.92 Å². The number of fused-ring (bicyclic) bond motifs is 2. The van der Waals surface area contributed by atoms with Gasteiger partial charge in [0.15, 0.2) is 0 Å². The number of rotatable bonds is 1. The van der Waals surface area contributed by atoms with Crippen LogP contribution in [0.25, 0.3) is 0 Å². The van der Waals surface area contributed by atoms with Crippen molar-refractivity contribution < 1.29 is 9.53 Å². The van der Waals surface area contributed by atoms with Gasteiger partial charge in [0.05, 0.1) is 0 Å². The molecule has 0 N–H and O–H groups in total. The third-order valence-corrected chi connectivity index (χ3v) is 4.01. The van der Waals surface area contributed by atoms with E-state index in [1.807, 2.05) is 25.7 Å². The molecule has 2 saturated heterocycles. The summed E-state index contributed by atoms with van der Waals surface area (Å²) in [6.45, 7) is 8.07. The van der Waals surface area contributed by atoms with E-state index in [4.69, 9.17) is 4.74 Å². The molecular formula is C14H25NO2. The van der Waals surface area contributed by atoms with E-state index >= 15 is 0 Å². The zero-order valence-corrected chi connectivity index (χ0v) is 11.5. The number of carbonyl (C=O) groups excluding carboxylic acids is 1. The summed E-state index contributed by atoms with van der Waals surface area (Å²) in [6, 6.07) is 0.877. The van der Waals surface area contributed by atoms with E-state index in [0.717, 1.165) is 5.92 Å². The topological polar surface area (TPSA) is 29.5 Å². The molecule has 0 unspecified atom stereocenters. The predicted molar refractivity (Wildman–Crippen MR) is 67.9 cm³/mol. The van der Waals surface area contributed by atoms with Crippen molar-refractivity contribution in [2.24, 2.45) is 5.92 Å². The molecule has 98 valence electrons. The summed E-state index contributed by atoms with van der Waals surface area (Å²) in [5.41, 5.74) is -0.377. The van der Waals surface area contributed by atoms with Gasteiger partial charge in [0.25, 0.3) is 0 Å². The van der Waals surface area contributed by atoms with E-state index in [1.54, 1.807) is 0 Å². The molecule has 3 nitrogen and oxygen atoms in total. The van der Waals surface area contributed by atoms with Gasteiger partial charge >= 0.3 is 6.09 Å². The van der Waals surface area contributed by atoms with Crippen molar-refractivity contribution in [1.29, 1.82) is 0 Å². The van der Waals surface area contributed by atoms with Crippen LogP contribution in [0.1, 0.15) is 59.8 Å². The second-order valence-corrected chi connectivity index (χ2v) is 6.52. The molecule has 2 fully saturated rings. The molecule has 17 heavy (non-hydrogen) atoms. The maximum absolute atomic E-state index is 12.2. The van der Waals surface area contributed by atoms with E-state index in [9.17, 15) is 4.79 Å². The second-order valence-electron chi connectivity index (χ2n) is 6.52. The van der Waals surface area contributed by atoms with Crippen molar-refractivity contribution in [2.45, 2.75) is 77.5 Å². The fourth-order valence-electron chi connectivity index (χ4n) is 3.24. The Labute approximate surface area is 105 Å². The minimum absolute atomic E-state index is 0.0976. The lowest BCUT2D eigenvalue weighted by Gasteiger charge is -2.39. The lowest BCUT2D eigenvalue weighted by Crippen LogP contribution is -2.48. The Balaban J connectivity index is 2.01. The van der Waals surface area contributed by atoms with Gasteiger partial charge < -0.3 is 9.64 Å². The van der Waals surface area contributed by atoms with Gasteiger partial charge in [0.2, 0.25) is 0 Å². The number of ether oxygens (including phenoxy) is 1. The summed E-state index contributed by atoms with van der Waals surface area (Å²) in [6.07, 6.45) is 5.83. The molecule has 0 spiro atoms. The van der Waals surface area contributed by atoms with Gasteiger partial charge in [-0.05, 0) is 52.4 Å². The summed E-state index contributed by atoms with van der Waals surface area (Å²) in [5, 5.41) is 0. The number of amides is 1. The highest BCUT2D eigenvalue weighted by Gasteiger charge is 2.44. The maximum Gasteiger partial charge on any atom is 0.410 e. The molecule has 0 saturated carbocycles. The minimum Gasteiger partial charge on any atom is -0.444 e.